The minimum absolute atomic E-state index is 0.0488. The maximum atomic E-state index is 12.6. The van der Waals surface area contributed by atoms with Crippen LogP contribution in [0.5, 0.6) is 0 Å². The average Bonchev–Trinajstić information content (AvgIpc) is 3.75. The van der Waals surface area contributed by atoms with Crippen LogP contribution in [0, 0.1) is 17.2 Å². The highest BCUT2D eigenvalue weighted by Crippen LogP contribution is 2.44. The number of pyridine rings is 1. The minimum Gasteiger partial charge on any atom is -0.352 e. The van der Waals surface area contributed by atoms with Gasteiger partial charge in [-0.3, -0.25) is 9.59 Å². The van der Waals surface area contributed by atoms with Crippen molar-refractivity contribution in [2.45, 2.75) is 51.0 Å². The molecule has 1 unspecified atom stereocenters. The quantitative estimate of drug-likeness (QED) is 0.651. The summed E-state index contributed by atoms with van der Waals surface area (Å²) in [5.41, 5.74) is 3.92. The Bertz CT molecular complexity index is 1060. The van der Waals surface area contributed by atoms with E-state index in [1.165, 1.54) is 11.6 Å². The second-order valence-corrected chi connectivity index (χ2v) is 9.75. The van der Waals surface area contributed by atoms with Crippen LogP contribution in [0.15, 0.2) is 24.8 Å². The third-order valence-corrected chi connectivity index (χ3v) is 7.29. The van der Waals surface area contributed by atoms with Crippen molar-refractivity contribution in [2.24, 2.45) is 5.92 Å². The molecule has 0 aromatic carbocycles. The van der Waals surface area contributed by atoms with E-state index in [0.29, 0.717) is 44.2 Å². The van der Waals surface area contributed by atoms with Crippen LogP contribution < -0.4 is 4.90 Å². The maximum absolute atomic E-state index is 12.6. The largest absolute Gasteiger partial charge is 0.352 e. The fourth-order valence-electron chi connectivity index (χ4n) is 5.05. The van der Waals surface area contributed by atoms with Crippen molar-refractivity contribution in [3.8, 4) is 6.07 Å². The fraction of sp³-hybridized carbons (Fsp3) is 0.538. The van der Waals surface area contributed by atoms with Crippen molar-refractivity contribution < 1.29 is 9.59 Å². The SMILES string of the molecule is C=CC(=O)N1CC=C(c2cc(C#N)c(N3CCN(C(=O)C4CC4)C(C)C3)nc2C2CC2)CC1. The Balaban J connectivity index is 1.41. The molecule has 0 spiro atoms. The van der Waals surface area contributed by atoms with Gasteiger partial charge in [-0.05, 0) is 56.7 Å². The van der Waals surface area contributed by atoms with Gasteiger partial charge in [0.2, 0.25) is 11.8 Å². The summed E-state index contributed by atoms with van der Waals surface area (Å²) in [4.78, 5) is 35.6. The molecular weight excluding hydrogens is 414 g/mol. The molecule has 0 N–H and O–H groups in total. The lowest BCUT2D eigenvalue weighted by Crippen LogP contribution is -2.55. The van der Waals surface area contributed by atoms with Gasteiger partial charge in [0, 0.05) is 56.2 Å². The van der Waals surface area contributed by atoms with Gasteiger partial charge in [-0.1, -0.05) is 12.7 Å². The number of nitrogens with zero attached hydrogens (tertiary/aromatic N) is 5. The number of carbonyl (C=O) groups is 2. The molecular formula is C26H31N5O2. The monoisotopic (exact) mass is 445 g/mol. The second kappa shape index (κ2) is 8.66. The smallest absolute Gasteiger partial charge is 0.246 e. The summed E-state index contributed by atoms with van der Waals surface area (Å²) in [6, 6.07) is 4.51. The molecule has 0 bridgehead atoms. The van der Waals surface area contributed by atoms with Gasteiger partial charge < -0.3 is 14.7 Å². The van der Waals surface area contributed by atoms with Crippen LogP contribution >= 0.6 is 0 Å². The summed E-state index contributed by atoms with van der Waals surface area (Å²) in [7, 11) is 0. The molecule has 0 radical (unpaired) electrons. The Morgan fingerprint density at radius 3 is 2.58 bits per heavy atom. The zero-order valence-electron chi connectivity index (χ0n) is 19.3. The van der Waals surface area contributed by atoms with E-state index in [4.69, 9.17) is 4.98 Å². The number of rotatable bonds is 5. The average molecular weight is 446 g/mol. The van der Waals surface area contributed by atoms with Crippen molar-refractivity contribution in [1.82, 2.24) is 14.8 Å². The number of hydrogen-bond donors (Lipinski definition) is 0. The van der Waals surface area contributed by atoms with Gasteiger partial charge in [-0.2, -0.15) is 5.26 Å². The lowest BCUT2D eigenvalue weighted by molar-refractivity contribution is -0.135. The van der Waals surface area contributed by atoms with E-state index in [1.807, 2.05) is 11.0 Å². The van der Waals surface area contributed by atoms with E-state index in [0.717, 1.165) is 49.2 Å². The minimum atomic E-state index is -0.0488. The van der Waals surface area contributed by atoms with Crippen LogP contribution in [-0.4, -0.2) is 65.4 Å². The molecule has 172 valence electrons. The van der Waals surface area contributed by atoms with Crippen molar-refractivity contribution >= 4 is 23.2 Å². The van der Waals surface area contributed by atoms with Crippen LogP contribution in [0.25, 0.3) is 5.57 Å². The van der Waals surface area contributed by atoms with E-state index >= 15 is 0 Å². The number of amides is 2. The Morgan fingerprint density at radius 1 is 1.21 bits per heavy atom. The summed E-state index contributed by atoms with van der Waals surface area (Å²) >= 11 is 0. The molecule has 5 rings (SSSR count). The van der Waals surface area contributed by atoms with Gasteiger partial charge in [-0.25, -0.2) is 4.98 Å². The van der Waals surface area contributed by atoms with E-state index < -0.39 is 0 Å². The van der Waals surface area contributed by atoms with Crippen LogP contribution in [0.3, 0.4) is 0 Å². The topological polar surface area (TPSA) is 80.5 Å². The Hall–Kier alpha value is -3.14. The molecule has 2 aliphatic carbocycles. The van der Waals surface area contributed by atoms with E-state index in [9.17, 15) is 14.9 Å². The molecule has 1 aromatic heterocycles. The highest BCUT2D eigenvalue weighted by atomic mass is 16.2. The number of anilines is 1. The molecule has 4 aliphatic rings. The van der Waals surface area contributed by atoms with Gasteiger partial charge in [0.15, 0.2) is 0 Å². The lowest BCUT2D eigenvalue weighted by Gasteiger charge is -2.41. The first-order valence-electron chi connectivity index (χ1n) is 12.1. The van der Waals surface area contributed by atoms with E-state index in [-0.39, 0.29) is 23.8 Å². The van der Waals surface area contributed by atoms with Crippen LogP contribution in [0.1, 0.15) is 61.8 Å². The van der Waals surface area contributed by atoms with Crippen molar-refractivity contribution in [1.29, 1.82) is 5.26 Å². The molecule has 7 nitrogen and oxygen atoms in total. The van der Waals surface area contributed by atoms with Crippen molar-refractivity contribution in [3.63, 3.8) is 0 Å². The summed E-state index contributed by atoms with van der Waals surface area (Å²) in [6.45, 7) is 8.97. The van der Waals surface area contributed by atoms with Gasteiger partial charge in [0.05, 0.1) is 11.3 Å². The lowest BCUT2D eigenvalue weighted by atomic mass is 9.94. The van der Waals surface area contributed by atoms with Crippen molar-refractivity contribution in [2.75, 3.05) is 37.6 Å². The first-order valence-corrected chi connectivity index (χ1v) is 12.1. The summed E-state index contributed by atoms with van der Waals surface area (Å²) in [5, 5.41) is 9.99. The predicted molar refractivity (Wildman–Crippen MR) is 126 cm³/mol. The highest BCUT2D eigenvalue weighted by molar-refractivity contribution is 5.88. The molecule has 2 saturated carbocycles. The number of nitriles is 1. The first-order chi connectivity index (χ1) is 16.0. The molecule has 3 heterocycles. The van der Waals surface area contributed by atoms with E-state index in [2.05, 4.69) is 30.5 Å². The molecule has 3 fully saturated rings. The summed E-state index contributed by atoms with van der Waals surface area (Å²) < 4.78 is 0. The number of hydrogen-bond acceptors (Lipinski definition) is 5. The maximum Gasteiger partial charge on any atom is 0.246 e. The highest BCUT2D eigenvalue weighted by Gasteiger charge is 2.38. The summed E-state index contributed by atoms with van der Waals surface area (Å²) in [6.07, 6.45) is 8.50. The number of piperazine rings is 1. The molecule has 33 heavy (non-hydrogen) atoms. The van der Waals surface area contributed by atoms with Gasteiger partial charge in [0.1, 0.15) is 11.9 Å². The Labute approximate surface area is 195 Å². The zero-order valence-corrected chi connectivity index (χ0v) is 19.3. The predicted octanol–water partition coefficient (Wildman–Crippen LogP) is 3.08. The van der Waals surface area contributed by atoms with Crippen LogP contribution in [-0.2, 0) is 9.59 Å². The molecule has 7 heteroatoms. The molecule has 1 atom stereocenters. The molecule has 1 aromatic rings. The zero-order chi connectivity index (χ0) is 23.1. The van der Waals surface area contributed by atoms with Crippen molar-refractivity contribution in [3.05, 3.63) is 41.6 Å². The Morgan fingerprint density at radius 2 is 2.00 bits per heavy atom. The number of carbonyl (C=O) groups excluding carboxylic acids is 2. The second-order valence-electron chi connectivity index (χ2n) is 9.75. The third-order valence-electron chi connectivity index (χ3n) is 7.29. The Kier molecular flexibility index (Phi) is 5.69. The molecule has 2 aliphatic heterocycles. The normalized spacial score (nSPS) is 23.1. The number of aromatic nitrogens is 1. The molecule has 2 amide bonds. The fourth-order valence-corrected chi connectivity index (χ4v) is 5.05. The van der Waals surface area contributed by atoms with Gasteiger partial charge >= 0.3 is 0 Å². The molecule has 1 saturated heterocycles. The van der Waals surface area contributed by atoms with Gasteiger partial charge in [-0.15, -0.1) is 0 Å². The third kappa shape index (κ3) is 4.27. The summed E-state index contributed by atoms with van der Waals surface area (Å²) in [5.74, 6) is 1.67. The first kappa shape index (κ1) is 21.7. The van der Waals surface area contributed by atoms with Gasteiger partial charge in [0.25, 0.3) is 0 Å². The van der Waals surface area contributed by atoms with Crippen LogP contribution in [0.2, 0.25) is 0 Å². The van der Waals surface area contributed by atoms with Crippen LogP contribution in [0.4, 0.5) is 5.82 Å². The standard InChI is InChI=1S/C26H31N5O2/c1-3-23(32)29-10-8-18(9-11-29)22-14-21(15-27)25(28-24(22)19-4-5-19)30-12-13-31(17(2)16-30)26(33)20-6-7-20/h3,8,14,17,19-20H,1,4-7,9-13,16H2,2H3. The van der Waals surface area contributed by atoms with E-state index in [1.54, 1.807) is 4.90 Å².